The number of anilines is 1. The van der Waals surface area contributed by atoms with Crippen LogP contribution >= 0.6 is 0 Å². The maximum atomic E-state index is 5.14. The molecule has 5 nitrogen and oxygen atoms in total. The Morgan fingerprint density at radius 1 is 1.33 bits per heavy atom. The highest BCUT2D eigenvalue weighted by atomic mass is 15.5. The van der Waals surface area contributed by atoms with E-state index in [1.54, 1.807) is 11.0 Å². The smallest absolute Gasteiger partial charge is 0.143 e. The van der Waals surface area contributed by atoms with Crippen LogP contribution in [0.4, 0.5) is 5.69 Å². The molecule has 1 N–H and O–H groups in total. The number of hydrogen-bond acceptors (Lipinski definition) is 4. The van der Waals surface area contributed by atoms with Crippen molar-refractivity contribution in [3.8, 4) is 18.0 Å². The topological polar surface area (TPSA) is 55.6 Å². The van der Waals surface area contributed by atoms with Crippen molar-refractivity contribution in [1.82, 2.24) is 20.2 Å². The first kappa shape index (κ1) is 9.21. The molecule has 1 aromatic heterocycles. The number of hydrogen-bond donors (Lipinski definition) is 1. The van der Waals surface area contributed by atoms with E-state index < -0.39 is 0 Å². The Balaban J connectivity index is 2.15. The molecular weight excluding hydrogens is 190 g/mol. The highest BCUT2D eigenvalue weighted by Crippen LogP contribution is 2.11. The van der Waals surface area contributed by atoms with E-state index in [0.29, 0.717) is 6.54 Å². The van der Waals surface area contributed by atoms with Gasteiger partial charge in [0.25, 0.3) is 0 Å². The molecule has 15 heavy (non-hydrogen) atoms. The van der Waals surface area contributed by atoms with Crippen molar-refractivity contribution in [2.24, 2.45) is 0 Å². The van der Waals surface area contributed by atoms with E-state index in [1.807, 2.05) is 24.3 Å². The van der Waals surface area contributed by atoms with Gasteiger partial charge in [-0.15, -0.1) is 11.5 Å². The van der Waals surface area contributed by atoms with Gasteiger partial charge in [-0.1, -0.05) is 5.92 Å². The molecule has 0 amide bonds. The molecule has 0 radical (unpaired) electrons. The minimum absolute atomic E-state index is 0.518. The monoisotopic (exact) mass is 199 g/mol. The van der Waals surface area contributed by atoms with Gasteiger partial charge < -0.3 is 5.32 Å². The molecule has 2 rings (SSSR count). The minimum atomic E-state index is 0.518. The van der Waals surface area contributed by atoms with E-state index in [-0.39, 0.29) is 0 Å². The zero-order chi connectivity index (χ0) is 10.5. The van der Waals surface area contributed by atoms with Crippen LogP contribution in [0.2, 0.25) is 0 Å². The summed E-state index contributed by atoms with van der Waals surface area (Å²) in [6.07, 6.45) is 6.69. The molecule has 0 fully saturated rings. The second-order valence-electron chi connectivity index (χ2n) is 2.86. The van der Waals surface area contributed by atoms with Crippen molar-refractivity contribution in [2.45, 2.75) is 0 Å². The maximum absolute atomic E-state index is 5.14. The lowest BCUT2D eigenvalue weighted by atomic mass is 10.3. The fourth-order valence-electron chi connectivity index (χ4n) is 1.16. The molecule has 0 aliphatic rings. The second kappa shape index (κ2) is 4.24. The van der Waals surface area contributed by atoms with Crippen LogP contribution in [0, 0.1) is 12.3 Å². The van der Waals surface area contributed by atoms with Crippen LogP contribution in [-0.2, 0) is 0 Å². The van der Waals surface area contributed by atoms with E-state index in [0.717, 1.165) is 11.4 Å². The number of tetrazole rings is 1. The van der Waals surface area contributed by atoms with Crippen molar-refractivity contribution in [3.63, 3.8) is 0 Å². The van der Waals surface area contributed by atoms with E-state index in [1.165, 1.54) is 0 Å². The molecule has 0 aliphatic heterocycles. The molecule has 1 aromatic carbocycles. The zero-order valence-electron chi connectivity index (χ0n) is 7.96. The first-order valence-electron chi connectivity index (χ1n) is 4.41. The van der Waals surface area contributed by atoms with Crippen LogP contribution in [-0.4, -0.2) is 26.8 Å². The van der Waals surface area contributed by atoms with E-state index >= 15 is 0 Å². The molecule has 74 valence electrons. The summed E-state index contributed by atoms with van der Waals surface area (Å²) in [6, 6.07) is 7.67. The number of nitrogens with one attached hydrogen (secondary N) is 1. The van der Waals surface area contributed by atoms with E-state index in [9.17, 15) is 0 Å². The number of nitrogens with zero attached hydrogens (tertiary/aromatic N) is 4. The molecule has 5 heteroatoms. The Hall–Kier alpha value is -2.35. The fourth-order valence-corrected chi connectivity index (χ4v) is 1.16. The molecule has 0 spiro atoms. The van der Waals surface area contributed by atoms with Crippen molar-refractivity contribution >= 4 is 5.69 Å². The van der Waals surface area contributed by atoms with Gasteiger partial charge in [0.05, 0.1) is 12.2 Å². The third-order valence-corrected chi connectivity index (χ3v) is 1.88. The summed E-state index contributed by atoms with van der Waals surface area (Å²) >= 11 is 0. The molecule has 0 atom stereocenters. The summed E-state index contributed by atoms with van der Waals surface area (Å²) in [5, 5.41) is 14.0. The average Bonchev–Trinajstić information content (AvgIpc) is 2.80. The summed E-state index contributed by atoms with van der Waals surface area (Å²) in [7, 11) is 0. The van der Waals surface area contributed by atoms with Crippen LogP contribution in [0.3, 0.4) is 0 Å². The first-order valence-corrected chi connectivity index (χ1v) is 4.41. The average molecular weight is 199 g/mol. The predicted molar refractivity (Wildman–Crippen MR) is 56.5 cm³/mol. The summed E-state index contributed by atoms with van der Waals surface area (Å²) in [5.74, 6) is 2.51. The standard InChI is InChI=1S/C10H9N5/c1-2-7-11-9-3-5-10(6-4-9)15-8-12-13-14-15/h1,3-6,8,11H,7H2. The van der Waals surface area contributed by atoms with Gasteiger partial charge in [-0.3, -0.25) is 0 Å². The highest BCUT2D eigenvalue weighted by molar-refractivity contribution is 5.48. The van der Waals surface area contributed by atoms with Gasteiger partial charge >= 0.3 is 0 Å². The van der Waals surface area contributed by atoms with Crippen LogP contribution in [0.1, 0.15) is 0 Å². The Morgan fingerprint density at radius 2 is 2.13 bits per heavy atom. The molecule has 2 aromatic rings. The van der Waals surface area contributed by atoms with Gasteiger partial charge in [0.2, 0.25) is 0 Å². The van der Waals surface area contributed by atoms with E-state index in [2.05, 4.69) is 26.8 Å². The van der Waals surface area contributed by atoms with Crippen LogP contribution in [0.15, 0.2) is 30.6 Å². The normalized spacial score (nSPS) is 9.53. The SMILES string of the molecule is C#CCNc1ccc(-n2cnnn2)cc1. The summed E-state index contributed by atoms with van der Waals surface area (Å²) in [5.41, 5.74) is 1.89. The fraction of sp³-hybridized carbons (Fsp3) is 0.100. The highest BCUT2D eigenvalue weighted by Gasteiger charge is 1.96. The number of benzene rings is 1. The summed E-state index contributed by atoms with van der Waals surface area (Å²) in [6.45, 7) is 0.518. The van der Waals surface area contributed by atoms with Crippen molar-refractivity contribution in [1.29, 1.82) is 0 Å². The lowest BCUT2D eigenvalue weighted by Crippen LogP contribution is -1.99. The van der Waals surface area contributed by atoms with Crippen LogP contribution < -0.4 is 5.32 Å². The number of rotatable bonds is 3. The quantitative estimate of drug-likeness (QED) is 0.739. The van der Waals surface area contributed by atoms with Gasteiger partial charge in [-0.05, 0) is 34.7 Å². The second-order valence-corrected chi connectivity index (χ2v) is 2.86. The summed E-state index contributed by atoms with van der Waals surface area (Å²) < 4.78 is 1.59. The van der Waals surface area contributed by atoms with Crippen molar-refractivity contribution in [3.05, 3.63) is 30.6 Å². The predicted octanol–water partition coefficient (Wildman–Crippen LogP) is 0.707. The van der Waals surface area contributed by atoms with Crippen LogP contribution in [0.5, 0.6) is 0 Å². The Bertz CT molecular complexity index is 452. The van der Waals surface area contributed by atoms with E-state index in [4.69, 9.17) is 6.42 Å². The number of terminal acetylenes is 1. The number of aromatic nitrogens is 4. The molecule has 0 aliphatic carbocycles. The maximum Gasteiger partial charge on any atom is 0.143 e. The van der Waals surface area contributed by atoms with Gasteiger partial charge in [-0.2, -0.15) is 0 Å². The molecule has 0 saturated carbocycles. The third-order valence-electron chi connectivity index (χ3n) is 1.88. The zero-order valence-corrected chi connectivity index (χ0v) is 7.96. The van der Waals surface area contributed by atoms with Gasteiger partial charge in [0.1, 0.15) is 6.33 Å². The Labute approximate surface area is 87.1 Å². The van der Waals surface area contributed by atoms with Gasteiger partial charge in [0.15, 0.2) is 0 Å². The van der Waals surface area contributed by atoms with Crippen molar-refractivity contribution < 1.29 is 0 Å². The minimum Gasteiger partial charge on any atom is -0.374 e. The van der Waals surface area contributed by atoms with Gasteiger partial charge in [-0.25, -0.2) is 4.68 Å². The molecule has 0 saturated heterocycles. The lowest BCUT2D eigenvalue weighted by molar-refractivity contribution is 0.789. The summed E-state index contributed by atoms with van der Waals surface area (Å²) in [4.78, 5) is 0. The molecule has 1 heterocycles. The van der Waals surface area contributed by atoms with Gasteiger partial charge in [0, 0.05) is 5.69 Å². The molecular formula is C10H9N5. The largest absolute Gasteiger partial charge is 0.374 e. The van der Waals surface area contributed by atoms with Crippen molar-refractivity contribution in [2.75, 3.05) is 11.9 Å². The Morgan fingerprint density at radius 3 is 2.73 bits per heavy atom. The van der Waals surface area contributed by atoms with Crippen LogP contribution in [0.25, 0.3) is 5.69 Å². The first-order chi connectivity index (χ1) is 7.40. The third kappa shape index (κ3) is 2.11. The lowest BCUT2D eigenvalue weighted by Gasteiger charge is -2.03. The Kier molecular flexibility index (Phi) is 2.61. The molecule has 0 bridgehead atoms. The molecule has 0 unspecified atom stereocenters.